The minimum atomic E-state index is -3.58. The van der Waals surface area contributed by atoms with Crippen LogP contribution in [0.4, 0.5) is 0 Å². The number of benzene rings is 1. The number of carboxylic acid groups (broad SMARTS) is 1. The van der Waals surface area contributed by atoms with Crippen molar-refractivity contribution in [3.05, 3.63) is 34.9 Å². The number of hydrogen-bond donors (Lipinski definition) is 2. The predicted molar refractivity (Wildman–Crippen MR) is 71.5 cm³/mol. The number of sulfonamides is 1. The van der Waals surface area contributed by atoms with E-state index < -0.39 is 22.0 Å². The Morgan fingerprint density at radius 1 is 1.37 bits per heavy atom. The maximum Gasteiger partial charge on any atom is 0.326 e. The lowest BCUT2D eigenvalue weighted by molar-refractivity contribution is -0.139. The first-order chi connectivity index (χ1) is 8.87. The third-order valence-electron chi connectivity index (χ3n) is 2.90. The van der Waals surface area contributed by atoms with Crippen LogP contribution in [-0.4, -0.2) is 25.2 Å². The maximum absolute atomic E-state index is 11.8. The smallest absolute Gasteiger partial charge is 0.326 e. The zero-order chi connectivity index (χ0) is 14.0. The molecule has 0 heterocycles. The Morgan fingerprint density at radius 3 is 2.42 bits per heavy atom. The van der Waals surface area contributed by atoms with Gasteiger partial charge >= 0.3 is 5.97 Å². The van der Waals surface area contributed by atoms with Crippen LogP contribution in [0.2, 0.25) is 5.02 Å². The molecule has 7 heteroatoms. The standard InChI is InChI=1S/C12H14ClNO4S/c13-10-5-3-9(4-6-10)11(12(15)16)14-19(17,18)7-8-1-2-8/h3-6,8,11,14H,1-2,7H2,(H,15,16). The van der Waals surface area contributed by atoms with Crippen LogP contribution in [-0.2, 0) is 14.8 Å². The Hall–Kier alpha value is -1.11. The normalized spacial score (nSPS) is 17.1. The zero-order valence-corrected chi connectivity index (χ0v) is 11.6. The average Bonchev–Trinajstić information content (AvgIpc) is 3.10. The molecule has 0 saturated heterocycles. The van der Waals surface area contributed by atoms with Gasteiger partial charge in [-0.15, -0.1) is 0 Å². The van der Waals surface area contributed by atoms with Gasteiger partial charge in [0.2, 0.25) is 10.0 Å². The molecule has 0 radical (unpaired) electrons. The summed E-state index contributed by atoms with van der Waals surface area (Å²) in [5.74, 6) is -1.08. The Balaban J connectivity index is 2.16. The van der Waals surface area contributed by atoms with Gasteiger partial charge in [-0.05, 0) is 36.5 Å². The van der Waals surface area contributed by atoms with E-state index in [-0.39, 0.29) is 11.7 Å². The second-order valence-electron chi connectivity index (χ2n) is 4.67. The highest BCUT2D eigenvalue weighted by atomic mass is 35.5. The molecule has 0 aromatic heterocycles. The molecule has 1 fully saturated rings. The lowest BCUT2D eigenvalue weighted by Crippen LogP contribution is -2.35. The fourth-order valence-corrected chi connectivity index (χ4v) is 3.51. The van der Waals surface area contributed by atoms with Gasteiger partial charge in [0.25, 0.3) is 0 Å². The van der Waals surface area contributed by atoms with Crippen molar-refractivity contribution in [2.45, 2.75) is 18.9 Å². The maximum atomic E-state index is 11.8. The molecule has 1 aliphatic rings. The summed E-state index contributed by atoms with van der Waals surface area (Å²) in [5.41, 5.74) is 0.358. The number of hydrogen-bond acceptors (Lipinski definition) is 3. The quantitative estimate of drug-likeness (QED) is 0.839. The molecule has 0 bridgehead atoms. The molecule has 0 spiro atoms. The molecule has 0 aliphatic heterocycles. The van der Waals surface area contributed by atoms with Crippen molar-refractivity contribution >= 4 is 27.6 Å². The number of nitrogens with one attached hydrogen (secondary N) is 1. The fraction of sp³-hybridized carbons (Fsp3) is 0.417. The molecule has 5 nitrogen and oxygen atoms in total. The van der Waals surface area contributed by atoms with E-state index in [2.05, 4.69) is 4.72 Å². The Kier molecular flexibility index (Phi) is 4.13. The molecule has 1 aliphatic carbocycles. The summed E-state index contributed by atoms with van der Waals surface area (Å²) >= 11 is 5.72. The second-order valence-corrected chi connectivity index (χ2v) is 6.90. The summed E-state index contributed by atoms with van der Waals surface area (Å²) in [4.78, 5) is 11.2. The first kappa shape index (κ1) is 14.3. The highest BCUT2D eigenvalue weighted by Crippen LogP contribution is 2.30. The van der Waals surface area contributed by atoms with E-state index in [1.54, 1.807) is 0 Å². The van der Waals surface area contributed by atoms with Crippen molar-refractivity contribution in [1.29, 1.82) is 0 Å². The minimum Gasteiger partial charge on any atom is -0.480 e. The van der Waals surface area contributed by atoms with Gasteiger partial charge in [-0.1, -0.05) is 23.7 Å². The van der Waals surface area contributed by atoms with Gasteiger partial charge in [0.05, 0.1) is 5.75 Å². The number of aliphatic carboxylic acids is 1. The van der Waals surface area contributed by atoms with E-state index in [0.29, 0.717) is 10.6 Å². The molecule has 1 aromatic rings. The Morgan fingerprint density at radius 2 is 1.95 bits per heavy atom. The number of carboxylic acids is 1. The van der Waals surface area contributed by atoms with Crippen LogP contribution in [0, 0.1) is 5.92 Å². The van der Waals surface area contributed by atoms with Gasteiger partial charge in [-0.3, -0.25) is 4.79 Å². The van der Waals surface area contributed by atoms with Crippen molar-refractivity contribution in [1.82, 2.24) is 4.72 Å². The molecule has 1 saturated carbocycles. The van der Waals surface area contributed by atoms with Crippen LogP contribution >= 0.6 is 11.6 Å². The summed E-state index contributed by atoms with van der Waals surface area (Å²) in [5, 5.41) is 9.62. The largest absolute Gasteiger partial charge is 0.480 e. The predicted octanol–water partition coefficient (Wildman–Crippen LogP) is 1.80. The molecule has 2 N–H and O–H groups in total. The summed E-state index contributed by atoms with van der Waals surface area (Å²) in [6.45, 7) is 0. The first-order valence-electron chi connectivity index (χ1n) is 5.85. The highest BCUT2D eigenvalue weighted by molar-refractivity contribution is 7.89. The van der Waals surface area contributed by atoms with Crippen molar-refractivity contribution < 1.29 is 18.3 Å². The van der Waals surface area contributed by atoms with Gasteiger partial charge < -0.3 is 5.11 Å². The van der Waals surface area contributed by atoms with Crippen molar-refractivity contribution in [3.8, 4) is 0 Å². The molecular formula is C12H14ClNO4S. The lowest BCUT2D eigenvalue weighted by Gasteiger charge is -2.15. The molecule has 19 heavy (non-hydrogen) atoms. The molecule has 2 rings (SSSR count). The van der Waals surface area contributed by atoms with Crippen molar-refractivity contribution in [2.75, 3.05) is 5.75 Å². The third-order valence-corrected chi connectivity index (χ3v) is 4.66. The summed E-state index contributed by atoms with van der Waals surface area (Å²) in [7, 11) is -3.58. The number of halogens is 1. The van der Waals surface area contributed by atoms with Crippen LogP contribution in [0.5, 0.6) is 0 Å². The van der Waals surface area contributed by atoms with E-state index in [1.165, 1.54) is 24.3 Å². The van der Waals surface area contributed by atoms with Crippen LogP contribution in [0.25, 0.3) is 0 Å². The van der Waals surface area contributed by atoms with Crippen LogP contribution in [0.1, 0.15) is 24.4 Å². The van der Waals surface area contributed by atoms with E-state index in [4.69, 9.17) is 16.7 Å². The Labute approximate surface area is 116 Å². The molecular weight excluding hydrogens is 290 g/mol. The first-order valence-corrected chi connectivity index (χ1v) is 7.89. The monoisotopic (exact) mass is 303 g/mol. The third kappa shape index (κ3) is 4.19. The van der Waals surface area contributed by atoms with Gasteiger partial charge in [0.15, 0.2) is 0 Å². The molecule has 0 amide bonds. The fourth-order valence-electron chi connectivity index (χ4n) is 1.74. The number of rotatable bonds is 6. The van der Waals surface area contributed by atoms with Gasteiger partial charge in [0.1, 0.15) is 6.04 Å². The molecule has 1 aromatic carbocycles. The van der Waals surface area contributed by atoms with Crippen LogP contribution in [0.15, 0.2) is 24.3 Å². The highest BCUT2D eigenvalue weighted by Gasteiger charge is 2.31. The van der Waals surface area contributed by atoms with E-state index >= 15 is 0 Å². The molecule has 1 unspecified atom stereocenters. The van der Waals surface area contributed by atoms with Crippen LogP contribution < -0.4 is 4.72 Å². The topological polar surface area (TPSA) is 83.5 Å². The summed E-state index contributed by atoms with van der Waals surface area (Å²) in [6, 6.07) is 4.78. The molecule has 1 atom stereocenters. The zero-order valence-electron chi connectivity index (χ0n) is 10.0. The van der Waals surface area contributed by atoms with Gasteiger partial charge in [0, 0.05) is 5.02 Å². The SMILES string of the molecule is O=C(O)C(NS(=O)(=O)CC1CC1)c1ccc(Cl)cc1. The van der Waals surface area contributed by atoms with Gasteiger partial charge in [-0.2, -0.15) is 4.72 Å². The van der Waals surface area contributed by atoms with Crippen LogP contribution in [0.3, 0.4) is 0 Å². The second kappa shape index (κ2) is 5.48. The average molecular weight is 304 g/mol. The minimum absolute atomic E-state index is 0.00955. The van der Waals surface area contributed by atoms with Gasteiger partial charge in [-0.25, -0.2) is 8.42 Å². The molecule has 104 valence electrons. The van der Waals surface area contributed by atoms with E-state index in [9.17, 15) is 13.2 Å². The number of carbonyl (C=O) groups is 1. The lowest BCUT2D eigenvalue weighted by atomic mass is 10.1. The summed E-state index contributed by atoms with van der Waals surface area (Å²) < 4.78 is 25.9. The van der Waals surface area contributed by atoms with E-state index in [0.717, 1.165) is 12.8 Å². The van der Waals surface area contributed by atoms with Crippen molar-refractivity contribution in [3.63, 3.8) is 0 Å². The van der Waals surface area contributed by atoms with E-state index in [1.807, 2.05) is 0 Å². The Bertz CT molecular complexity index is 566. The van der Waals surface area contributed by atoms with Crippen molar-refractivity contribution in [2.24, 2.45) is 5.92 Å². The summed E-state index contributed by atoms with van der Waals surface area (Å²) in [6.07, 6.45) is 1.78.